The number of hydrogen-bond donors (Lipinski definition) is 1. The van der Waals surface area contributed by atoms with Crippen molar-refractivity contribution in [2.24, 2.45) is 22.9 Å². The first-order valence-corrected chi connectivity index (χ1v) is 16.3. The number of fused-ring (bicyclic) bond motifs is 2. The molecule has 0 radical (unpaired) electrons. The number of allylic oxidation sites excluding steroid dienone is 4. The van der Waals surface area contributed by atoms with Gasteiger partial charge in [-0.25, -0.2) is 5.01 Å². The second-order valence-electron chi connectivity index (χ2n) is 13.6. The number of carbonyl (C=O) groups is 2. The number of nitrogens with zero attached hydrogens (tertiary/aromatic N) is 2. The molecule has 9 nitrogen and oxygen atoms in total. The molecule has 1 amide bonds. The molecule has 242 valence electrons. The highest BCUT2D eigenvalue weighted by Gasteiger charge is 2.59. The topological polar surface area (TPSA) is 107 Å². The third-order valence-electron chi connectivity index (χ3n) is 10.1. The maximum atomic E-state index is 14.2. The highest BCUT2D eigenvalue weighted by molar-refractivity contribution is 6.07. The predicted molar refractivity (Wildman–Crippen MR) is 167 cm³/mol. The lowest BCUT2D eigenvalue weighted by Gasteiger charge is -2.49. The number of rotatable bonds is 2. The average Bonchev–Trinajstić information content (AvgIpc) is 3.30. The monoisotopic (exact) mass is 610 g/mol. The fourth-order valence-corrected chi connectivity index (χ4v) is 7.45. The van der Waals surface area contributed by atoms with Crippen molar-refractivity contribution in [3.8, 4) is 0 Å². The third kappa shape index (κ3) is 6.52. The molecular formula is C35H50N2O7. The molecule has 1 aliphatic carbocycles. The maximum absolute atomic E-state index is 14.2. The SMILES string of the molecule is CC[C@H]1O[C@]2(CC[C@@H]1C)C[C@@H]1C[C@@H](C/C=C(\C)C[C@@H](C)/C=C/C=C3\CO[C@@H]4/C(=N\N(C)C(C)=O)C(C)=C[C@@H](C(=O)O1)[C@]34O)O2. The lowest BCUT2D eigenvalue weighted by molar-refractivity contribution is -0.335. The van der Waals surface area contributed by atoms with Crippen molar-refractivity contribution in [1.29, 1.82) is 0 Å². The van der Waals surface area contributed by atoms with Crippen molar-refractivity contribution >= 4 is 17.6 Å². The second-order valence-corrected chi connectivity index (χ2v) is 13.6. The molecule has 1 N–H and O–H groups in total. The van der Waals surface area contributed by atoms with Gasteiger partial charge in [0.15, 0.2) is 5.79 Å². The number of hydrogen-bond acceptors (Lipinski definition) is 8. The van der Waals surface area contributed by atoms with E-state index in [2.05, 4.69) is 44.9 Å². The van der Waals surface area contributed by atoms with Gasteiger partial charge in [0.1, 0.15) is 23.7 Å². The van der Waals surface area contributed by atoms with Gasteiger partial charge in [-0.05, 0) is 62.5 Å². The molecular weight excluding hydrogens is 560 g/mol. The lowest BCUT2D eigenvalue weighted by atomic mass is 9.71. The van der Waals surface area contributed by atoms with Gasteiger partial charge in [0.25, 0.3) is 0 Å². The van der Waals surface area contributed by atoms with Crippen molar-refractivity contribution in [2.45, 2.75) is 122 Å². The number of amides is 1. The summed E-state index contributed by atoms with van der Waals surface area (Å²) >= 11 is 0. The predicted octanol–water partition coefficient (Wildman–Crippen LogP) is 5.40. The zero-order valence-corrected chi connectivity index (χ0v) is 27.4. The zero-order valence-electron chi connectivity index (χ0n) is 27.4. The molecule has 1 spiro atoms. The molecule has 0 aromatic rings. The van der Waals surface area contributed by atoms with Crippen LogP contribution in [-0.4, -0.2) is 77.2 Å². The first-order valence-electron chi connectivity index (χ1n) is 16.3. The maximum Gasteiger partial charge on any atom is 0.316 e. The van der Waals surface area contributed by atoms with Gasteiger partial charge in [-0.2, -0.15) is 5.10 Å². The van der Waals surface area contributed by atoms with Gasteiger partial charge in [-0.3, -0.25) is 9.59 Å². The van der Waals surface area contributed by atoms with E-state index in [1.807, 2.05) is 19.1 Å². The van der Waals surface area contributed by atoms with E-state index in [1.165, 1.54) is 17.5 Å². The largest absolute Gasteiger partial charge is 0.462 e. The molecule has 4 aliphatic heterocycles. The molecule has 5 rings (SSSR count). The molecule has 3 fully saturated rings. The van der Waals surface area contributed by atoms with Crippen LogP contribution in [0.1, 0.15) is 86.5 Å². The van der Waals surface area contributed by atoms with E-state index in [9.17, 15) is 14.7 Å². The molecule has 0 aromatic heterocycles. The quantitative estimate of drug-likeness (QED) is 0.254. The average molecular weight is 611 g/mol. The Labute approximate surface area is 262 Å². The van der Waals surface area contributed by atoms with E-state index >= 15 is 0 Å². The Balaban J connectivity index is 1.55. The molecule has 5 aliphatic rings. The molecule has 3 saturated heterocycles. The van der Waals surface area contributed by atoms with E-state index in [-0.39, 0.29) is 30.6 Å². The summed E-state index contributed by atoms with van der Waals surface area (Å²) in [6, 6.07) is 0. The number of hydrazone groups is 1. The van der Waals surface area contributed by atoms with E-state index in [1.54, 1.807) is 13.1 Å². The minimum Gasteiger partial charge on any atom is -0.462 e. The Morgan fingerprint density at radius 3 is 2.70 bits per heavy atom. The lowest BCUT2D eigenvalue weighted by Crippen LogP contribution is -2.57. The first-order chi connectivity index (χ1) is 20.8. The molecule has 9 atom stereocenters. The van der Waals surface area contributed by atoms with E-state index < -0.39 is 35.5 Å². The standard InChI is InChI=1S/C35H50N2O7/c1-8-30-23(4)14-15-34(44-30)19-28-18-27(43-34)13-12-22(3)16-21(2)10-9-11-26-20-41-32-31(36-37(7)25(6)38)24(5)17-29(33(39)42-28)35(26,32)40/h9-12,17,21,23,27-30,32,40H,8,13-16,18-20H2,1-7H3/b10-9+,22-12+,26-11+,36-31-/t21-,23-,27+,28-,29-,30+,32+,34+,35+/m0/s1. The van der Waals surface area contributed by atoms with Crippen LogP contribution in [0.2, 0.25) is 0 Å². The van der Waals surface area contributed by atoms with Crippen LogP contribution in [0.4, 0.5) is 0 Å². The van der Waals surface area contributed by atoms with Crippen molar-refractivity contribution in [3.05, 3.63) is 47.1 Å². The van der Waals surface area contributed by atoms with Gasteiger partial charge in [-0.1, -0.05) is 56.7 Å². The van der Waals surface area contributed by atoms with Crippen molar-refractivity contribution in [2.75, 3.05) is 13.7 Å². The molecule has 2 bridgehead atoms. The summed E-state index contributed by atoms with van der Waals surface area (Å²) in [7, 11) is 1.56. The van der Waals surface area contributed by atoms with Gasteiger partial charge in [0.05, 0.1) is 24.5 Å². The summed E-state index contributed by atoms with van der Waals surface area (Å²) in [5.74, 6) is -1.89. The number of esters is 1. The molecule has 0 aromatic carbocycles. The molecule has 0 saturated carbocycles. The van der Waals surface area contributed by atoms with Gasteiger partial charge < -0.3 is 24.1 Å². The fraction of sp³-hybridized carbons (Fsp3) is 0.686. The Morgan fingerprint density at radius 1 is 1.20 bits per heavy atom. The van der Waals surface area contributed by atoms with E-state index in [0.29, 0.717) is 42.0 Å². The first kappa shape index (κ1) is 32.8. The Hall–Kier alpha value is -2.59. The van der Waals surface area contributed by atoms with Crippen molar-refractivity contribution < 1.29 is 33.6 Å². The van der Waals surface area contributed by atoms with Gasteiger partial charge >= 0.3 is 5.97 Å². The van der Waals surface area contributed by atoms with Crippen LogP contribution >= 0.6 is 0 Å². The number of aliphatic hydroxyl groups is 1. The van der Waals surface area contributed by atoms with E-state index in [0.717, 1.165) is 25.7 Å². The smallest absolute Gasteiger partial charge is 0.316 e. The zero-order chi connectivity index (χ0) is 31.8. The van der Waals surface area contributed by atoms with Crippen LogP contribution in [0.3, 0.4) is 0 Å². The van der Waals surface area contributed by atoms with Crippen molar-refractivity contribution in [1.82, 2.24) is 5.01 Å². The molecule has 9 heteroatoms. The Bertz CT molecular complexity index is 1280. The van der Waals surface area contributed by atoms with Gasteiger partial charge in [0, 0.05) is 33.2 Å². The normalized spacial score (nSPS) is 43.6. The van der Waals surface area contributed by atoms with E-state index in [4.69, 9.17) is 18.9 Å². The molecule has 44 heavy (non-hydrogen) atoms. The molecule has 4 heterocycles. The van der Waals surface area contributed by atoms with Crippen LogP contribution in [0.15, 0.2) is 52.2 Å². The Morgan fingerprint density at radius 2 is 1.98 bits per heavy atom. The van der Waals surface area contributed by atoms with Gasteiger partial charge in [-0.15, -0.1) is 0 Å². The van der Waals surface area contributed by atoms with Crippen LogP contribution < -0.4 is 0 Å². The van der Waals surface area contributed by atoms with Crippen LogP contribution in [0, 0.1) is 17.8 Å². The summed E-state index contributed by atoms with van der Waals surface area (Å²) in [5, 5.41) is 18.2. The number of ether oxygens (including phenoxy) is 4. The van der Waals surface area contributed by atoms with Crippen LogP contribution in [0.25, 0.3) is 0 Å². The summed E-state index contributed by atoms with van der Waals surface area (Å²) in [4.78, 5) is 26.2. The summed E-state index contributed by atoms with van der Waals surface area (Å²) in [6.45, 7) is 12.0. The summed E-state index contributed by atoms with van der Waals surface area (Å²) in [6.07, 6.45) is 13.6. The molecule has 0 unspecified atom stereocenters. The van der Waals surface area contributed by atoms with Crippen LogP contribution in [0.5, 0.6) is 0 Å². The van der Waals surface area contributed by atoms with Gasteiger partial charge in [0.2, 0.25) is 5.91 Å². The third-order valence-corrected chi connectivity index (χ3v) is 10.1. The van der Waals surface area contributed by atoms with Crippen LogP contribution in [-0.2, 0) is 28.5 Å². The Kier molecular flexibility index (Phi) is 9.71. The minimum atomic E-state index is -1.72. The number of carbonyl (C=O) groups excluding carboxylic acids is 2. The summed E-state index contributed by atoms with van der Waals surface area (Å²) in [5.41, 5.74) is 1.21. The second kappa shape index (κ2) is 13.0. The van der Waals surface area contributed by atoms with Crippen molar-refractivity contribution in [3.63, 3.8) is 0 Å². The minimum absolute atomic E-state index is 0.0844. The summed E-state index contributed by atoms with van der Waals surface area (Å²) < 4.78 is 25.9. The highest BCUT2D eigenvalue weighted by Crippen LogP contribution is 2.47. The fourth-order valence-electron chi connectivity index (χ4n) is 7.45. The highest BCUT2D eigenvalue weighted by atomic mass is 16.7.